The van der Waals surface area contributed by atoms with Crippen LogP contribution >= 0.6 is 0 Å². The van der Waals surface area contributed by atoms with Gasteiger partial charge >= 0.3 is 0 Å². The molecular weight excluding hydrogens is 239 g/mol. The van der Waals surface area contributed by atoms with Gasteiger partial charge in [0.15, 0.2) is 0 Å². The zero-order valence-corrected chi connectivity index (χ0v) is 12.8. The highest BCUT2D eigenvalue weighted by atomic mass is 19.1. The van der Waals surface area contributed by atoms with Crippen LogP contribution in [0.3, 0.4) is 0 Å². The van der Waals surface area contributed by atoms with Gasteiger partial charge in [0.25, 0.3) is 0 Å². The van der Waals surface area contributed by atoms with Crippen molar-refractivity contribution < 1.29 is 4.39 Å². The molecule has 1 aromatic rings. The molecule has 0 aliphatic carbocycles. The lowest BCUT2D eigenvalue weighted by molar-refractivity contribution is 0.497. The molecule has 1 rings (SSSR count). The van der Waals surface area contributed by atoms with E-state index in [0.29, 0.717) is 17.6 Å². The molecule has 0 saturated heterocycles. The van der Waals surface area contributed by atoms with Gasteiger partial charge in [0.2, 0.25) is 0 Å². The van der Waals surface area contributed by atoms with Crippen molar-refractivity contribution in [3.8, 4) is 0 Å². The fourth-order valence-corrected chi connectivity index (χ4v) is 2.02. The van der Waals surface area contributed by atoms with Crippen molar-refractivity contribution in [3.63, 3.8) is 0 Å². The highest BCUT2D eigenvalue weighted by molar-refractivity contribution is 5.49. The Labute approximate surface area is 117 Å². The maximum absolute atomic E-state index is 14.2. The number of nitrogens with zero attached hydrogens (tertiary/aromatic N) is 1. The molecule has 1 unspecified atom stereocenters. The van der Waals surface area contributed by atoms with Crippen molar-refractivity contribution in [2.24, 2.45) is 5.92 Å². The van der Waals surface area contributed by atoms with Gasteiger partial charge in [-0.15, -0.1) is 0 Å². The van der Waals surface area contributed by atoms with E-state index in [1.807, 2.05) is 24.1 Å². The number of hydrogen-bond acceptors (Lipinski definition) is 2. The van der Waals surface area contributed by atoms with Crippen molar-refractivity contribution in [2.75, 3.05) is 18.5 Å². The van der Waals surface area contributed by atoms with Crippen LogP contribution in [-0.4, -0.2) is 19.6 Å². The van der Waals surface area contributed by atoms with E-state index < -0.39 is 0 Å². The van der Waals surface area contributed by atoms with Crippen LogP contribution in [0.2, 0.25) is 0 Å². The van der Waals surface area contributed by atoms with Gasteiger partial charge in [-0.25, -0.2) is 4.39 Å². The van der Waals surface area contributed by atoms with Crippen LogP contribution in [0.25, 0.3) is 0 Å². The van der Waals surface area contributed by atoms with E-state index >= 15 is 0 Å². The molecule has 1 N–H and O–H groups in total. The smallest absolute Gasteiger partial charge is 0.146 e. The summed E-state index contributed by atoms with van der Waals surface area (Å²) in [5.41, 5.74) is 1.68. The second kappa shape index (κ2) is 7.49. The summed E-state index contributed by atoms with van der Waals surface area (Å²) >= 11 is 0. The predicted molar refractivity (Wildman–Crippen MR) is 81.1 cm³/mol. The largest absolute Gasteiger partial charge is 0.369 e. The first-order valence-electron chi connectivity index (χ1n) is 7.19. The summed E-state index contributed by atoms with van der Waals surface area (Å²) in [6.07, 6.45) is 1.09. The van der Waals surface area contributed by atoms with E-state index in [1.165, 1.54) is 0 Å². The van der Waals surface area contributed by atoms with Gasteiger partial charge in [0, 0.05) is 19.6 Å². The second-order valence-electron chi connectivity index (χ2n) is 5.56. The SMILES string of the molecule is CCCNCc1ccc(N(C)C(C)C(C)C)c(F)c1. The maximum Gasteiger partial charge on any atom is 0.146 e. The molecule has 1 atom stereocenters. The molecule has 0 heterocycles. The van der Waals surface area contributed by atoms with Crippen molar-refractivity contribution in [2.45, 2.75) is 46.7 Å². The topological polar surface area (TPSA) is 15.3 Å². The molecule has 0 spiro atoms. The van der Waals surface area contributed by atoms with E-state index in [4.69, 9.17) is 0 Å². The number of benzene rings is 1. The Balaban J connectivity index is 2.76. The molecule has 0 aliphatic heterocycles. The Morgan fingerprint density at radius 1 is 1.26 bits per heavy atom. The van der Waals surface area contributed by atoms with E-state index in [9.17, 15) is 4.39 Å². The van der Waals surface area contributed by atoms with Crippen LogP contribution < -0.4 is 10.2 Å². The van der Waals surface area contributed by atoms with Crippen LogP contribution in [0.1, 0.15) is 39.7 Å². The van der Waals surface area contributed by atoms with Crippen LogP contribution in [0, 0.1) is 11.7 Å². The minimum absolute atomic E-state index is 0.134. The van der Waals surface area contributed by atoms with Gasteiger partial charge in [-0.1, -0.05) is 26.8 Å². The molecular formula is C16H27FN2. The lowest BCUT2D eigenvalue weighted by atomic mass is 10.0. The third-order valence-corrected chi connectivity index (χ3v) is 3.72. The summed E-state index contributed by atoms with van der Waals surface area (Å²) in [4.78, 5) is 2.02. The quantitative estimate of drug-likeness (QED) is 0.755. The summed E-state index contributed by atoms with van der Waals surface area (Å²) in [5, 5.41) is 3.29. The van der Waals surface area contributed by atoms with E-state index in [0.717, 1.165) is 25.1 Å². The van der Waals surface area contributed by atoms with E-state index in [2.05, 4.69) is 33.0 Å². The Morgan fingerprint density at radius 2 is 1.95 bits per heavy atom. The predicted octanol–water partition coefficient (Wildman–Crippen LogP) is 3.81. The minimum Gasteiger partial charge on any atom is -0.369 e. The van der Waals surface area contributed by atoms with Crippen LogP contribution in [-0.2, 0) is 6.54 Å². The summed E-state index contributed by atoms with van der Waals surface area (Å²) < 4.78 is 14.2. The first kappa shape index (κ1) is 16.0. The zero-order valence-electron chi connectivity index (χ0n) is 12.8. The van der Waals surface area contributed by atoms with Crippen LogP contribution in [0.5, 0.6) is 0 Å². The monoisotopic (exact) mass is 266 g/mol. The fraction of sp³-hybridized carbons (Fsp3) is 0.625. The number of nitrogens with one attached hydrogen (secondary N) is 1. The second-order valence-corrected chi connectivity index (χ2v) is 5.56. The van der Waals surface area contributed by atoms with E-state index in [-0.39, 0.29) is 5.82 Å². The zero-order chi connectivity index (χ0) is 14.4. The first-order valence-corrected chi connectivity index (χ1v) is 7.19. The molecule has 2 nitrogen and oxygen atoms in total. The average Bonchev–Trinajstić information content (AvgIpc) is 2.37. The fourth-order valence-electron chi connectivity index (χ4n) is 2.02. The number of hydrogen-bond donors (Lipinski definition) is 1. The lowest BCUT2D eigenvalue weighted by Crippen LogP contribution is -2.33. The van der Waals surface area contributed by atoms with Crippen LogP contribution in [0.4, 0.5) is 10.1 Å². The summed E-state index contributed by atoms with van der Waals surface area (Å²) in [7, 11) is 1.96. The number of halogens is 1. The Morgan fingerprint density at radius 3 is 2.47 bits per heavy atom. The Hall–Kier alpha value is -1.09. The maximum atomic E-state index is 14.2. The van der Waals surface area contributed by atoms with Crippen molar-refractivity contribution >= 4 is 5.69 Å². The van der Waals surface area contributed by atoms with Crippen LogP contribution in [0.15, 0.2) is 18.2 Å². The summed E-state index contributed by atoms with van der Waals surface area (Å²) in [6, 6.07) is 5.85. The first-order chi connectivity index (χ1) is 8.97. The molecule has 0 radical (unpaired) electrons. The van der Waals surface area contributed by atoms with Gasteiger partial charge in [-0.05, 0) is 43.5 Å². The van der Waals surface area contributed by atoms with Crippen molar-refractivity contribution in [3.05, 3.63) is 29.6 Å². The van der Waals surface area contributed by atoms with E-state index in [1.54, 1.807) is 6.07 Å². The number of anilines is 1. The molecule has 19 heavy (non-hydrogen) atoms. The third kappa shape index (κ3) is 4.50. The van der Waals surface area contributed by atoms with Crippen molar-refractivity contribution in [1.82, 2.24) is 5.32 Å². The number of rotatable bonds is 7. The minimum atomic E-state index is -0.134. The van der Waals surface area contributed by atoms with Gasteiger partial charge in [0.1, 0.15) is 5.82 Å². The Bertz CT molecular complexity index is 390. The summed E-state index contributed by atoms with van der Waals surface area (Å²) in [6.45, 7) is 10.3. The molecule has 0 amide bonds. The molecule has 0 bridgehead atoms. The highest BCUT2D eigenvalue weighted by Gasteiger charge is 2.16. The summed E-state index contributed by atoms with van der Waals surface area (Å²) in [5.74, 6) is 0.362. The Kier molecular flexibility index (Phi) is 6.29. The van der Waals surface area contributed by atoms with Gasteiger partial charge in [0.05, 0.1) is 5.69 Å². The lowest BCUT2D eigenvalue weighted by Gasteiger charge is -2.30. The van der Waals surface area contributed by atoms with Gasteiger partial charge in [-0.2, -0.15) is 0 Å². The van der Waals surface area contributed by atoms with Crippen molar-refractivity contribution in [1.29, 1.82) is 0 Å². The molecule has 108 valence electrons. The molecule has 0 saturated carbocycles. The highest BCUT2D eigenvalue weighted by Crippen LogP contribution is 2.23. The van der Waals surface area contributed by atoms with Gasteiger partial charge in [-0.3, -0.25) is 0 Å². The molecule has 1 aromatic carbocycles. The normalized spacial score (nSPS) is 12.8. The average molecular weight is 266 g/mol. The molecule has 3 heteroatoms. The molecule has 0 aliphatic rings. The molecule has 0 aromatic heterocycles. The third-order valence-electron chi connectivity index (χ3n) is 3.72. The van der Waals surface area contributed by atoms with Gasteiger partial charge < -0.3 is 10.2 Å². The molecule has 0 fully saturated rings. The standard InChI is InChI=1S/C16H27FN2/c1-6-9-18-11-14-7-8-16(15(17)10-14)19(5)13(4)12(2)3/h7-8,10,12-13,18H,6,9,11H2,1-5H3.